The number of imide groups is 1. The molecule has 0 spiro atoms. The number of nitrogens with zero attached hydrogens (tertiary/aromatic N) is 2. The molecule has 35 heavy (non-hydrogen) atoms. The second kappa shape index (κ2) is 10.2. The standard InChI is InChI=1S/C28H24N2O4S/c31-26(29-15-14-22-8-4-5-9-23(22)17-29)18-30-27(32)25(35-28(30)33)16-20-10-12-24(13-11-20)34-19-21-6-2-1-3-7-21/h1-13,16H,14-15,17-19H2/b25-16+. The van der Waals surface area contributed by atoms with Crippen LogP contribution >= 0.6 is 11.8 Å². The third kappa shape index (κ3) is 5.30. The van der Waals surface area contributed by atoms with Gasteiger partial charge in [-0.15, -0.1) is 0 Å². The van der Waals surface area contributed by atoms with E-state index in [1.165, 1.54) is 5.56 Å². The molecule has 5 rings (SSSR count). The first-order valence-corrected chi connectivity index (χ1v) is 12.3. The summed E-state index contributed by atoms with van der Waals surface area (Å²) in [7, 11) is 0. The Morgan fingerprint density at radius 2 is 1.63 bits per heavy atom. The molecule has 0 aromatic heterocycles. The van der Waals surface area contributed by atoms with Crippen LogP contribution in [0.25, 0.3) is 6.08 Å². The highest BCUT2D eigenvalue weighted by atomic mass is 32.2. The number of carbonyl (C=O) groups is 3. The van der Waals surface area contributed by atoms with E-state index < -0.39 is 11.1 Å². The van der Waals surface area contributed by atoms with Crippen molar-refractivity contribution in [1.29, 1.82) is 0 Å². The summed E-state index contributed by atoms with van der Waals surface area (Å²) >= 11 is 0.862. The van der Waals surface area contributed by atoms with Crippen LogP contribution in [-0.4, -0.2) is 39.9 Å². The van der Waals surface area contributed by atoms with Crippen molar-refractivity contribution in [2.45, 2.75) is 19.6 Å². The van der Waals surface area contributed by atoms with Crippen molar-refractivity contribution in [1.82, 2.24) is 9.80 Å². The van der Waals surface area contributed by atoms with Gasteiger partial charge in [-0.2, -0.15) is 0 Å². The molecule has 2 aliphatic rings. The maximum absolute atomic E-state index is 12.9. The van der Waals surface area contributed by atoms with Gasteiger partial charge in [0.15, 0.2) is 0 Å². The number of rotatable bonds is 6. The summed E-state index contributed by atoms with van der Waals surface area (Å²) in [6, 6.07) is 25.3. The van der Waals surface area contributed by atoms with Gasteiger partial charge < -0.3 is 9.64 Å². The summed E-state index contributed by atoms with van der Waals surface area (Å²) in [6.07, 6.45) is 2.45. The molecule has 7 heteroatoms. The van der Waals surface area contributed by atoms with E-state index in [2.05, 4.69) is 6.07 Å². The van der Waals surface area contributed by atoms with E-state index in [1.54, 1.807) is 11.0 Å². The Kier molecular flexibility index (Phi) is 6.68. The molecule has 3 aromatic rings. The molecule has 0 unspecified atom stereocenters. The van der Waals surface area contributed by atoms with Gasteiger partial charge in [0.2, 0.25) is 5.91 Å². The number of amides is 3. The number of carbonyl (C=O) groups excluding carboxylic acids is 3. The highest BCUT2D eigenvalue weighted by Crippen LogP contribution is 2.32. The Morgan fingerprint density at radius 1 is 0.914 bits per heavy atom. The Bertz CT molecular complexity index is 1290. The van der Waals surface area contributed by atoms with Gasteiger partial charge in [0.25, 0.3) is 11.1 Å². The summed E-state index contributed by atoms with van der Waals surface area (Å²) in [5.74, 6) is 0.0611. The lowest BCUT2D eigenvalue weighted by Gasteiger charge is -2.29. The smallest absolute Gasteiger partial charge is 0.294 e. The van der Waals surface area contributed by atoms with Crippen molar-refractivity contribution in [3.8, 4) is 5.75 Å². The predicted octanol–water partition coefficient (Wildman–Crippen LogP) is 4.89. The van der Waals surface area contributed by atoms with Crippen LogP contribution in [0.2, 0.25) is 0 Å². The minimum atomic E-state index is -0.435. The normalized spacial score (nSPS) is 16.5. The summed E-state index contributed by atoms with van der Waals surface area (Å²) < 4.78 is 5.80. The van der Waals surface area contributed by atoms with Crippen molar-refractivity contribution in [2.75, 3.05) is 13.1 Å². The number of ether oxygens (including phenoxy) is 1. The second-order valence-corrected chi connectivity index (χ2v) is 9.44. The Balaban J connectivity index is 1.20. The van der Waals surface area contributed by atoms with Gasteiger partial charge in [-0.25, -0.2) is 0 Å². The topological polar surface area (TPSA) is 66.9 Å². The van der Waals surface area contributed by atoms with Gasteiger partial charge in [0.05, 0.1) is 4.91 Å². The molecule has 0 aliphatic carbocycles. The van der Waals surface area contributed by atoms with Gasteiger partial charge >= 0.3 is 0 Å². The number of fused-ring (bicyclic) bond motifs is 1. The number of benzene rings is 3. The fraction of sp³-hybridized carbons (Fsp3) is 0.179. The Morgan fingerprint density at radius 3 is 2.40 bits per heavy atom. The molecule has 2 aliphatic heterocycles. The molecule has 1 fully saturated rings. The summed E-state index contributed by atoms with van der Waals surface area (Å²) in [4.78, 5) is 41.3. The van der Waals surface area contributed by atoms with Gasteiger partial charge in [-0.3, -0.25) is 19.3 Å². The van der Waals surface area contributed by atoms with Crippen LogP contribution in [0.15, 0.2) is 83.8 Å². The first-order chi connectivity index (χ1) is 17.1. The SMILES string of the molecule is O=C(CN1C(=O)S/C(=C/c2ccc(OCc3ccccc3)cc2)C1=O)N1CCc2ccccc2C1. The lowest BCUT2D eigenvalue weighted by atomic mass is 10.00. The van der Waals surface area contributed by atoms with E-state index in [4.69, 9.17) is 4.74 Å². The third-order valence-electron chi connectivity index (χ3n) is 6.08. The van der Waals surface area contributed by atoms with E-state index in [1.807, 2.05) is 72.8 Å². The second-order valence-electron chi connectivity index (χ2n) is 8.45. The molecular weight excluding hydrogens is 460 g/mol. The number of hydrogen-bond acceptors (Lipinski definition) is 5. The first kappa shape index (κ1) is 22.9. The summed E-state index contributed by atoms with van der Waals surface area (Å²) in [5.41, 5.74) is 4.20. The molecule has 0 saturated carbocycles. The fourth-order valence-corrected chi connectivity index (χ4v) is 4.97. The highest BCUT2D eigenvalue weighted by molar-refractivity contribution is 8.18. The Hall–Kier alpha value is -3.84. The molecular formula is C28H24N2O4S. The van der Waals surface area contributed by atoms with E-state index in [9.17, 15) is 14.4 Å². The van der Waals surface area contributed by atoms with Crippen LogP contribution in [0.3, 0.4) is 0 Å². The zero-order chi connectivity index (χ0) is 24.2. The van der Waals surface area contributed by atoms with Crippen molar-refractivity contribution in [3.63, 3.8) is 0 Å². The van der Waals surface area contributed by atoms with Gasteiger partial charge in [0, 0.05) is 13.1 Å². The highest BCUT2D eigenvalue weighted by Gasteiger charge is 2.37. The predicted molar refractivity (Wildman–Crippen MR) is 135 cm³/mol. The lowest BCUT2D eigenvalue weighted by molar-refractivity contribution is -0.136. The molecule has 0 bridgehead atoms. The fourth-order valence-electron chi connectivity index (χ4n) is 4.13. The minimum Gasteiger partial charge on any atom is -0.489 e. The van der Waals surface area contributed by atoms with E-state index in [0.717, 1.165) is 39.8 Å². The number of thioether (sulfide) groups is 1. The van der Waals surface area contributed by atoms with E-state index in [-0.39, 0.29) is 12.5 Å². The molecule has 0 radical (unpaired) electrons. The molecule has 2 heterocycles. The van der Waals surface area contributed by atoms with Gasteiger partial charge in [-0.05, 0) is 58.6 Å². The summed E-state index contributed by atoms with van der Waals surface area (Å²) in [6.45, 7) is 1.31. The molecule has 0 atom stereocenters. The van der Waals surface area contributed by atoms with E-state index >= 15 is 0 Å². The van der Waals surface area contributed by atoms with Crippen LogP contribution < -0.4 is 4.74 Å². The average molecular weight is 485 g/mol. The first-order valence-electron chi connectivity index (χ1n) is 11.4. The summed E-state index contributed by atoms with van der Waals surface area (Å²) in [5, 5.41) is -0.421. The lowest BCUT2D eigenvalue weighted by Crippen LogP contribution is -2.44. The van der Waals surface area contributed by atoms with E-state index in [0.29, 0.717) is 30.4 Å². The van der Waals surface area contributed by atoms with Crippen molar-refractivity contribution in [2.24, 2.45) is 0 Å². The van der Waals surface area contributed by atoms with Crippen molar-refractivity contribution < 1.29 is 19.1 Å². The van der Waals surface area contributed by atoms with Crippen LogP contribution in [0.4, 0.5) is 4.79 Å². The van der Waals surface area contributed by atoms with Crippen molar-refractivity contribution >= 4 is 34.9 Å². The maximum Gasteiger partial charge on any atom is 0.294 e. The monoisotopic (exact) mass is 484 g/mol. The Labute approximate surface area is 208 Å². The minimum absolute atomic E-state index is 0.219. The van der Waals surface area contributed by atoms with Crippen LogP contribution in [-0.2, 0) is 29.2 Å². The zero-order valence-electron chi connectivity index (χ0n) is 19.1. The molecule has 176 valence electrons. The third-order valence-corrected chi connectivity index (χ3v) is 6.98. The maximum atomic E-state index is 12.9. The molecule has 6 nitrogen and oxygen atoms in total. The quantitative estimate of drug-likeness (QED) is 0.466. The van der Waals surface area contributed by atoms with Gasteiger partial charge in [-0.1, -0.05) is 66.7 Å². The van der Waals surface area contributed by atoms with Gasteiger partial charge in [0.1, 0.15) is 18.9 Å². The largest absolute Gasteiger partial charge is 0.489 e. The average Bonchev–Trinajstić information content (AvgIpc) is 3.15. The van der Waals surface area contributed by atoms with Crippen molar-refractivity contribution in [3.05, 3.63) is 106 Å². The molecule has 1 saturated heterocycles. The molecule has 3 amide bonds. The van der Waals surface area contributed by atoms with Crippen LogP contribution in [0.1, 0.15) is 22.3 Å². The molecule has 3 aromatic carbocycles. The molecule has 0 N–H and O–H groups in total. The van der Waals surface area contributed by atoms with Crippen LogP contribution in [0, 0.1) is 0 Å². The zero-order valence-corrected chi connectivity index (χ0v) is 19.9. The van der Waals surface area contributed by atoms with Crippen LogP contribution in [0.5, 0.6) is 5.75 Å². The number of hydrogen-bond donors (Lipinski definition) is 0.